The molecule has 0 fully saturated rings. The van der Waals surface area contributed by atoms with E-state index in [-0.39, 0.29) is 10.9 Å². The van der Waals surface area contributed by atoms with Crippen molar-refractivity contribution < 1.29 is 27.8 Å². The van der Waals surface area contributed by atoms with Crippen LogP contribution in [0.2, 0.25) is 0 Å². The van der Waals surface area contributed by atoms with Gasteiger partial charge in [0.2, 0.25) is 5.91 Å². The van der Waals surface area contributed by atoms with Crippen molar-refractivity contribution in [2.24, 2.45) is 0 Å². The third kappa shape index (κ3) is 4.30. The van der Waals surface area contributed by atoms with Crippen molar-refractivity contribution in [3.8, 4) is 5.75 Å². The molecule has 0 aliphatic heterocycles. The van der Waals surface area contributed by atoms with E-state index in [2.05, 4.69) is 5.32 Å². The van der Waals surface area contributed by atoms with Crippen LogP contribution in [0.1, 0.15) is 33.3 Å². The van der Waals surface area contributed by atoms with Gasteiger partial charge >= 0.3 is 6.09 Å². The Morgan fingerprint density at radius 1 is 1.23 bits per heavy atom. The first-order valence-electron chi connectivity index (χ1n) is 8.00. The Morgan fingerprint density at radius 2 is 1.88 bits per heavy atom. The van der Waals surface area contributed by atoms with E-state index in [9.17, 15) is 18.4 Å². The molecule has 142 valence electrons. The Balaban J connectivity index is 2.58. The van der Waals surface area contributed by atoms with Gasteiger partial charge in [0.05, 0.1) is 19.2 Å². The fourth-order valence-corrected chi connectivity index (χ4v) is 2.42. The Hall–Kier alpha value is -2.64. The number of alkyl halides is 2. The molecule has 0 saturated heterocycles. The predicted molar refractivity (Wildman–Crippen MR) is 92.7 cm³/mol. The highest BCUT2D eigenvalue weighted by atomic mass is 19.3. The number of methoxy groups -OCH3 is 1. The van der Waals surface area contributed by atoms with Crippen LogP contribution in [0.5, 0.6) is 5.75 Å². The van der Waals surface area contributed by atoms with Crippen LogP contribution in [0.25, 0.3) is 10.9 Å². The minimum absolute atomic E-state index is 0.144. The summed E-state index contributed by atoms with van der Waals surface area (Å²) >= 11 is 0. The first-order chi connectivity index (χ1) is 11.9. The molecule has 0 aliphatic rings. The first-order valence-corrected chi connectivity index (χ1v) is 8.00. The van der Waals surface area contributed by atoms with Gasteiger partial charge in [-0.3, -0.25) is 9.36 Å². The molecule has 26 heavy (non-hydrogen) atoms. The summed E-state index contributed by atoms with van der Waals surface area (Å²) < 4.78 is 40.8. The van der Waals surface area contributed by atoms with Crippen LogP contribution >= 0.6 is 0 Å². The Kier molecular flexibility index (Phi) is 5.25. The Morgan fingerprint density at radius 3 is 2.42 bits per heavy atom. The van der Waals surface area contributed by atoms with E-state index in [1.54, 1.807) is 26.8 Å². The van der Waals surface area contributed by atoms with E-state index in [1.807, 2.05) is 0 Å². The standard InChI is InChI=1S/C18H22F2N2O4/c1-11(23)21-10-18(19,20)14-9-22(16(24)26-17(2,3)4)15-7-6-12(25-5)8-13(14)15/h6-9H,10H2,1-5H3,(H,21,23). The van der Waals surface area contributed by atoms with Gasteiger partial charge in [0.25, 0.3) is 5.92 Å². The van der Waals surface area contributed by atoms with Gasteiger partial charge < -0.3 is 14.8 Å². The molecule has 0 aliphatic carbocycles. The molecule has 0 unspecified atom stereocenters. The number of ether oxygens (including phenoxy) is 2. The van der Waals surface area contributed by atoms with Gasteiger partial charge in [-0.15, -0.1) is 0 Å². The van der Waals surface area contributed by atoms with Crippen LogP contribution in [0.15, 0.2) is 24.4 Å². The summed E-state index contributed by atoms with van der Waals surface area (Å²) in [7, 11) is 1.42. The van der Waals surface area contributed by atoms with E-state index in [0.29, 0.717) is 5.75 Å². The molecule has 0 atom stereocenters. The van der Waals surface area contributed by atoms with Crippen LogP contribution in [0.4, 0.5) is 13.6 Å². The molecule has 0 saturated carbocycles. The lowest BCUT2D eigenvalue weighted by Gasteiger charge is -2.19. The molecule has 1 heterocycles. The lowest BCUT2D eigenvalue weighted by Crippen LogP contribution is -2.33. The monoisotopic (exact) mass is 368 g/mol. The minimum atomic E-state index is -3.39. The van der Waals surface area contributed by atoms with E-state index in [4.69, 9.17) is 9.47 Å². The molecule has 6 nitrogen and oxygen atoms in total. The number of nitrogens with zero attached hydrogens (tertiary/aromatic N) is 1. The zero-order chi connectivity index (χ0) is 19.7. The topological polar surface area (TPSA) is 69.6 Å². The predicted octanol–water partition coefficient (Wildman–Crippen LogP) is 3.66. The summed E-state index contributed by atoms with van der Waals surface area (Å²) in [6, 6.07) is 4.50. The second kappa shape index (κ2) is 6.93. The minimum Gasteiger partial charge on any atom is -0.497 e. The number of carbonyl (C=O) groups is 2. The summed E-state index contributed by atoms with van der Waals surface area (Å²) in [6.07, 6.45) is 0.272. The van der Waals surface area contributed by atoms with Crippen LogP contribution in [-0.2, 0) is 15.5 Å². The fraction of sp³-hybridized carbons (Fsp3) is 0.444. The zero-order valence-corrected chi connectivity index (χ0v) is 15.4. The lowest BCUT2D eigenvalue weighted by atomic mass is 10.1. The molecule has 1 aromatic heterocycles. The quantitative estimate of drug-likeness (QED) is 0.894. The highest BCUT2D eigenvalue weighted by Gasteiger charge is 2.36. The van der Waals surface area contributed by atoms with Crippen molar-refractivity contribution in [3.63, 3.8) is 0 Å². The Bertz CT molecular complexity index is 838. The third-order valence-corrected chi connectivity index (χ3v) is 3.56. The smallest absolute Gasteiger partial charge is 0.419 e. The SMILES string of the molecule is COc1ccc2c(c1)c(C(F)(F)CNC(C)=O)cn2C(=O)OC(C)(C)C. The van der Waals surface area contributed by atoms with E-state index in [0.717, 1.165) is 17.7 Å². The number of rotatable bonds is 4. The summed E-state index contributed by atoms with van der Waals surface area (Å²) in [5.41, 5.74) is -0.914. The van der Waals surface area contributed by atoms with Gasteiger partial charge in [0, 0.05) is 24.1 Å². The van der Waals surface area contributed by atoms with E-state index >= 15 is 0 Å². The first kappa shape index (κ1) is 19.7. The van der Waals surface area contributed by atoms with Crippen molar-refractivity contribution >= 4 is 22.9 Å². The number of hydrogen-bond donors (Lipinski definition) is 1. The molecule has 8 heteroatoms. The van der Waals surface area contributed by atoms with Crippen molar-refractivity contribution in [1.29, 1.82) is 0 Å². The van der Waals surface area contributed by atoms with Gasteiger partial charge in [0.15, 0.2) is 0 Å². The molecule has 1 amide bonds. The van der Waals surface area contributed by atoms with Gasteiger partial charge in [-0.2, -0.15) is 8.78 Å². The highest BCUT2D eigenvalue weighted by molar-refractivity contribution is 5.93. The average Bonchev–Trinajstić information content (AvgIpc) is 2.91. The average molecular weight is 368 g/mol. The molecule has 2 aromatic rings. The maximum atomic E-state index is 14.7. The van der Waals surface area contributed by atoms with Crippen LogP contribution in [0.3, 0.4) is 0 Å². The third-order valence-electron chi connectivity index (χ3n) is 3.56. The molecule has 1 N–H and O–H groups in total. The number of hydrogen-bond acceptors (Lipinski definition) is 4. The van der Waals surface area contributed by atoms with E-state index in [1.165, 1.54) is 19.2 Å². The van der Waals surface area contributed by atoms with E-state index < -0.39 is 35.6 Å². The van der Waals surface area contributed by atoms with Gasteiger partial charge in [-0.25, -0.2) is 4.79 Å². The van der Waals surface area contributed by atoms with Crippen molar-refractivity contribution in [1.82, 2.24) is 9.88 Å². The second-order valence-electron chi connectivity index (χ2n) is 6.89. The molecular formula is C18H22F2N2O4. The fourth-order valence-electron chi connectivity index (χ4n) is 2.42. The summed E-state index contributed by atoms with van der Waals surface area (Å²) in [5, 5.41) is 2.25. The summed E-state index contributed by atoms with van der Waals surface area (Å²) in [4.78, 5) is 23.4. The summed E-state index contributed by atoms with van der Waals surface area (Å²) in [5.74, 6) is -3.59. The molecule has 2 rings (SSSR count). The molecule has 0 spiro atoms. The number of aromatic nitrogens is 1. The molecule has 0 bridgehead atoms. The van der Waals surface area contributed by atoms with Gasteiger partial charge in [-0.05, 0) is 39.0 Å². The Labute approximate surface area is 150 Å². The normalized spacial score (nSPS) is 12.1. The number of amides is 1. The zero-order valence-electron chi connectivity index (χ0n) is 15.4. The number of fused-ring (bicyclic) bond motifs is 1. The second-order valence-corrected chi connectivity index (χ2v) is 6.89. The van der Waals surface area contributed by atoms with Crippen molar-refractivity contribution in [3.05, 3.63) is 30.0 Å². The van der Waals surface area contributed by atoms with Crippen molar-refractivity contribution in [2.75, 3.05) is 13.7 Å². The number of nitrogens with one attached hydrogen (secondary N) is 1. The molecule has 0 radical (unpaired) electrons. The van der Waals surface area contributed by atoms with Crippen LogP contribution < -0.4 is 10.1 Å². The lowest BCUT2D eigenvalue weighted by molar-refractivity contribution is -0.121. The largest absolute Gasteiger partial charge is 0.497 e. The van der Waals surface area contributed by atoms with Crippen LogP contribution in [-0.4, -0.2) is 35.8 Å². The van der Waals surface area contributed by atoms with Gasteiger partial charge in [0.1, 0.15) is 11.4 Å². The highest BCUT2D eigenvalue weighted by Crippen LogP contribution is 2.36. The summed E-state index contributed by atoms with van der Waals surface area (Å²) in [6.45, 7) is 5.33. The van der Waals surface area contributed by atoms with Crippen molar-refractivity contribution in [2.45, 2.75) is 39.2 Å². The van der Waals surface area contributed by atoms with Gasteiger partial charge in [-0.1, -0.05) is 0 Å². The molecular weight excluding hydrogens is 346 g/mol. The van der Waals surface area contributed by atoms with Crippen LogP contribution in [0, 0.1) is 0 Å². The molecule has 1 aromatic carbocycles. The number of carbonyl (C=O) groups excluding carboxylic acids is 2. The maximum Gasteiger partial charge on any atom is 0.419 e. The number of benzene rings is 1. The maximum absolute atomic E-state index is 14.7. The number of halogens is 2.